The number of urea groups is 1. The van der Waals surface area contributed by atoms with E-state index in [4.69, 9.17) is 16.3 Å². The molecule has 2 amide bonds. The number of carbonyl (C=O) groups is 1. The van der Waals surface area contributed by atoms with Crippen molar-refractivity contribution < 1.29 is 19.0 Å². The van der Waals surface area contributed by atoms with Crippen molar-refractivity contribution in [3.8, 4) is 5.75 Å². The summed E-state index contributed by atoms with van der Waals surface area (Å²) in [4.78, 5) is 12.0. The number of carbonyl (C=O) groups excluding carboxylic acids is 1. The molecule has 25 heavy (non-hydrogen) atoms. The molecule has 0 aliphatic heterocycles. The highest BCUT2D eigenvalue weighted by molar-refractivity contribution is 6.30. The van der Waals surface area contributed by atoms with Gasteiger partial charge in [0, 0.05) is 6.54 Å². The summed E-state index contributed by atoms with van der Waals surface area (Å²) in [5, 5.41) is 15.4. The second-order valence-corrected chi connectivity index (χ2v) is 5.95. The summed E-state index contributed by atoms with van der Waals surface area (Å²) in [7, 11) is 1.56. The molecule has 0 aliphatic rings. The highest BCUT2D eigenvalue weighted by atomic mass is 35.5. The molecule has 0 heterocycles. The lowest BCUT2D eigenvalue weighted by atomic mass is 10.1. The average molecular weight is 367 g/mol. The zero-order valence-electron chi connectivity index (χ0n) is 13.9. The van der Waals surface area contributed by atoms with Crippen LogP contribution in [0.3, 0.4) is 0 Å². The first-order chi connectivity index (χ1) is 11.9. The van der Waals surface area contributed by atoms with E-state index in [0.717, 1.165) is 0 Å². The van der Waals surface area contributed by atoms with Crippen molar-refractivity contribution in [3.05, 3.63) is 64.4 Å². The van der Waals surface area contributed by atoms with Crippen LogP contribution in [0.25, 0.3) is 0 Å². The normalized spacial score (nSPS) is 13.0. The molecule has 0 unspecified atom stereocenters. The van der Waals surface area contributed by atoms with Crippen LogP contribution < -0.4 is 15.4 Å². The number of aliphatic hydroxyl groups excluding tert-OH is 1. The van der Waals surface area contributed by atoms with Gasteiger partial charge in [-0.25, -0.2) is 9.18 Å². The van der Waals surface area contributed by atoms with Crippen molar-refractivity contribution in [2.75, 3.05) is 13.7 Å². The first-order valence-corrected chi connectivity index (χ1v) is 8.10. The number of methoxy groups -OCH3 is 1. The Kier molecular flexibility index (Phi) is 6.61. The quantitative estimate of drug-likeness (QED) is 0.731. The number of ether oxygens (including phenoxy) is 1. The Hall–Kier alpha value is -2.31. The summed E-state index contributed by atoms with van der Waals surface area (Å²) in [6.45, 7) is 1.80. The summed E-state index contributed by atoms with van der Waals surface area (Å²) in [6, 6.07) is 10.4. The minimum absolute atomic E-state index is 0.00138. The topological polar surface area (TPSA) is 70.6 Å². The average Bonchev–Trinajstić information content (AvgIpc) is 2.62. The molecule has 0 aromatic heterocycles. The van der Waals surface area contributed by atoms with Crippen LogP contribution in [0.1, 0.15) is 30.2 Å². The van der Waals surface area contributed by atoms with Gasteiger partial charge in [-0.15, -0.1) is 0 Å². The molecule has 0 saturated heterocycles. The van der Waals surface area contributed by atoms with E-state index in [1.807, 2.05) is 0 Å². The first-order valence-electron chi connectivity index (χ1n) is 7.72. The van der Waals surface area contributed by atoms with Crippen LogP contribution in [0.5, 0.6) is 5.75 Å². The number of aliphatic hydroxyl groups is 1. The highest BCUT2D eigenvalue weighted by Crippen LogP contribution is 2.21. The molecular weight excluding hydrogens is 347 g/mol. The minimum atomic E-state index is -0.841. The van der Waals surface area contributed by atoms with Crippen molar-refractivity contribution in [1.82, 2.24) is 10.6 Å². The fourth-order valence-corrected chi connectivity index (χ4v) is 2.43. The summed E-state index contributed by atoms with van der Waals surface area (Å²) in [5.74, 6) is 0.179. The van der Waals surface area contributed by atoms with Crippen LogP contribution in [0.4, 0.5) is 9.18 Å². The van der Waals surface area contributed by atoms with E-state index < -0.39 is 18.0 Å². The SMILES string of the molecule is COc1ccc([C@H](O)CNC(=O)N[C@H](C)c2ccc(F)c(Cl)c2)cc1. The van der Waals surface area contributed by atoms with Crippen LogP contribution in [-0.4, -0.2) is 24.8 Å². The third kappa shape index (κ3) is 5.34. The van der Waals surface area contributed by atoms with E-state index in [2.05, 4.69) is 10.6 Å². The lowest BCUT2D eigenvalue weighted by Gasteiger charge is -2.17. The largest absolute Gasteiger partial charge is 0.497 e. The van der Waals surface area contributed by atoms with Gasteiger partial charge in [-0.2, -0.15) is 0 Å². The Bertz CT molecular complexity index is 725. The van der Waals surface area contributed by atoms with Crippen molar-refractivity contribution in [2.45, 2.75) is 19.1 Å². The molecule has 2 rings (SSSR count). The van der Waals surface area contributed by atoms with Gasteiger partial charge >= 0.3 is 6.03 Å². The second kappa shape index (κ2) is 8.69. The number of amides is 2. The predicted molar refractivity (Wildman–Crippen MR) is 94.3 cm³/mol. The Morgan fingerprint density at radius 2 is 1.88 bits per heavy atom. The fraction of sp³-hybridized carbons (Fsp3) is 0.278. The number of rotatable bonds is 6. The van der Waals surface area contributed by atoms with Gasteiger partial charge in [-0.05, 0) is 42.3 Å². The first kappa shape index (κ1) is 19.0. The van der Waals surface area contributed by atoms with Crippen LogP contribution in [-0.2, 0) is 0 Å². The Balaban J connectivity index is 1.85. The van der Waals surface area contributed by atoms with Gasteiger partial charge in [0.15, 0.2) is 0 Å². The van der Waals surface area contributed by atoms with Crippen molar-refractivity contribution in [2.24, 2.45) is 0 Å². The van der Waals surface area contributed by atoms with Gasteiger partial charge < -0.3 is 20.5 Å². The zero-order chi connectivity index (χ0) is 18.4. The van der Waals surface area contributed by atoms with E-state index in [9.17, 15) is 14.3 Å². The molecule has 0 fully saturated rings. The molecule has 7 heteroatoms. The van der Waals surface area contributed by atoms with Gasteiger partial charge in [-0.1, -0.05) is 29.8 Å². The molecule has 2 aromatic carbocycles. The number of halogens is 2. The number of hydrogen-bond acceptors (Lipinski definition) is 3. The lowest BCUT2D eigenvalue weighted by Crippen LogP contribution is -2.39. The van der Waals surface area contributed by atoms with Gasteiger partial charge in [0.2, 0.25) is 0 Å². The smallest absolute Gasteiger partial charge is 0.315 e. The van der Waals surface area contributed by atoms with Gasteiger partial charge in [0.25, 0.3) is 0 Å². The Morgan fingerprint density at radius 3 is 2.48 bits per heavy atom. The molecule has 134 valence electrons. The molecule has 0 spiro atoms. The van der Waals surface area contributed by atoms with E-state index in [0.29, 0.717) is 16.9 Å². The highest BCUT2D eigenvalue weighted by Gasteiger charge is 2.13. The fourth-order valence-electron chi connectivity index (χ4n) is 2.25. The van der Waals surface area contributed by atoms with Crippen LogP contribution in [0, 0.1) is 5.82 Å². The lowest BCUT2D eigenvalue weighted by molar-refractivity contribution is 0.172. The van der Waals surface area contributed by atoms with Gasteiger partial charge in [-0.3, -0.25) is 0 Å². The van der Waals surface area contributed by atoms with E-state index in [-0.39, 0.29) is 17.6 Å². The summed E-state index contributed by atoms with van der Waals surface area (Å²) in [5.41, 5.74) is 1.34. The maximum atomic E-state index is 13.2. The second-order valence-electron chi connectivity index (χ2n) is 5.54. The van der Waals surface area contributed by atoms with Gasteiger partial charge in [0.1, 0.15) is 11.6 Å². The molecule has 3 N–H and O–H groups in total. The predicted octanol–water partition coefficient (Wildman–Crippen LogP) is 3.58. The van der Waals surface area contributed by atoms with Crippen molar-refractivity contribution in [3.63, 3.8) is 0 Å². The van der Waals surface area contributed by atoms with Crippen molar-refractivity contribution >= 4 is 17.6 Å². The standard InChI is InChI=1S/C18H20ClFN2O3/c1-11(13-5-8-16(20)15(19)9-13)22-18(24)21-10-17(23)12-3-6-14(25-2)7-4-12/h3-9,11,17,23H,10H2,1-2H3,(H2,21,22,24)/t11-,17-/m1/s1. The number of nitrogens with one attached hydrogen (secondary N) is 2. The summed E-state index contributed by atoms with van der Waals surface area (Å²) in [6.07, 6.45) is -0.841. The Labute approximate surface area is 150 Å². The molecule has 0 saturated carbocycles. The minimum Gasteiger partial charge on any atom is -0.497 e. The molecular formula is C18H20ClFN2O3. The van der Waals surface area contributed by atoms with Crippen LogP contribution in [0.15, 0.2) is 42.5 Å². The summed E-state index contributed by atoms with van der Waals surface area (Å²) >= 11 is 5.74. The van der Waals surface area contributed by atoms with E-state index in [1.54, 1.807) is 44.4 Å². The van der Waals surface area contributed by atoms with Crippen LogP contribution in [0.2, 0.25) is 5.02 Å². The maximum absolute atomic E-state index is 13.2. The maximum Gasteiger partial charge on any atom is 0.315 e. The molecule has 5 nitrogen and oxygen atoms in total. The van der Waals surface area contributed by atoms with Crippen LogP contribution >= 0.6 is 11.6 Å². The molecule has 2 atom stereocenters. The summed E-state index contributed by atoms with van der Waals surface area (Å²) < 4.78 is 18.2. The van der Waals surface area contributed by atoms with Gasteiger partial charge in [0.05, 0.1) is 24.3 Å². The van der Waals surface area contributed by atoms with Crippen molar-refractivity contribution in [1.29, 1.82) is 0 Å². The third-order valence-electron chi connectivity index (χ3n) is 3.75. The monoisotopic (exact) mass is 366 g/mol. The number of benzene rings is 2. The molecule has 0 aliphatic carbocycles. The number of hydrogen-bond donors (Lipinski definition) is 3. The molecule has 0 bridgehead atoms. The molecule has 0 radical (unpaired) electrons. The Morgan fingerprint density at radius 1 is 1.24 bits per heavy atom. The third-order valence-corrected chi connectivity index (χ3v) is 4.04. The van der Waals surface area contributed by atoms with E-state index >= 15 is 0 Å². The molecule has 2 aromatic rings. The zero-order valence-corrected chi connectivity index (χ0v) is 14.7. The van der Waals surface area contributed by atoms with E-state index in [1.165, 1.54) is 12.1 Å².